The van der Waals surface area contributed by atoms with Crippen LogP contribution in [0.5, 0.6) is 0 Å². The number of amides is 1. The van der Waals surface area contributed by atoms with Crippen molar-refractivity contribution in [1.82, 2.24) is 10.1 Å². The molecular weight excluding hydrogens is 254 g/mol. The quantitative estimate of drug-likeness (QED) is 0.788. The van der Waals surface area contributed by atoms with Gasteiger partial charge in [-0.05, 0) is 29.3 Å². The maximum Gasteiger partial charge on any atom is 0.287 e. The molecule has 0 aliphatic heterocycles. The van der Waals surface area contributed by atoms with Gasteiger partial charge >= 0.3 is 0 Å². The van der Waals surface area contributed by atoms with Crippen LogP contribution in [0, 0.1) is 0 Å². The van der Waals surface area contributed by atoms with Crippen LogP contribution in [0.3, 0.4) is 0 Å². The fourth-order valence-electron chi connectivity index (χ4n) is 1.93. The molecule has 0 aliphatic carbocycles. The molecule has 0 atom stereocenters. The average molecular weight is 265 g/mol. The summed E-state index contributed by atoms with van der Waals surface area (Å²) in [6, 6.07) is 13.2. The highest BCUT2D eigenvalue weighted by Gasteiger charge is 2.11. The highest BCUT2D eigenvalue weighted by molar-refractivity contribution is 5.91. The number of carbonyl (C=O) groups is 1. The molecule has 2 aromatic heterocycles. The SMILES string of the molecule is NC(=O)c1cc(-c2cccc(-c3ccncc3)c2)no1. The maximum atomic E-state index is 11.0. The largest absolute Gasteiger partial charge is 0.363 e. The van der Waals surface area contributed by atoms with Gasteiger partial charge in [-0.25, -0.2) is 0 Å². The molecule has 0 saturated carbocycles. The van der Waals surface area contributed by atoms with Gasteiger partial charge in [-0.1, -0.05) is 23.4 Å². The van der Waals surface area contributed by atoms with Gasteiger partial charge in [-0.15, -0.1) is 0 Å². The summed E-state index contributed by atoms with van der Waals surface area (Å²) in [5.41, 5.74) is 8.67. The van der Waals surface area contributed by atoms with Gasteiger partial charge in [0.2, 0.25) is 5.76 Å². The van der Waals surface area contributed by atoms with E-state index >= 15 is 0 Å². The first-order valence-corrected chi connectivity index (χ1v) is 6.01. The van der Waals surface area contributed by atoms with Crippen molar-refractivity contribution in [1.29, 1.82) is 0 Å². The summed E-state index contributed by atoms with van der Waals surface area (Å²) in [5, 5.41) is 3.85. The first-order valence-electron chi connectivity index (χ1n) is 6.01. The number of nitrogens with two attached hydrogens (primary N) is 1. The fourth-order valence-corrected chi connectivity index (χ4v) is 1.93. The minimum Gasteiger partial charge on any atom is -0.363 e. The summed E-state index contributed by atoms with van der Waals surface area (Å²) >= 11 is 0. The molecule has 0 radical (unpaired) electrons. The highest BCUT2D eigenvalue weighted by Crippen LogP contribution is 2.25. The van der Waals surface area contributed by atoms with Crippen molar-refractivity contribution in [2.45, 2.75) is 0 Å². The Kier molecular flexibility index (Phi) is 3.01. The van der Waals surface area contributed by atoms with E-state index in [2.05, 4.69) is 10.1 Å². The zero-order valence-corrected chi connectivity index (χ0v) is 10.5. The number of hydrogen-bond donors (Lipinski definition) is 1. The first-order chi connectivity index (χ1) is 9.74. The van der Waals surface area contributed by atoms with Gasteiger partial charge in [0.05, 0.1) is 0 Å². The molecule has 1 amide bonds. The Balaban J connectivity index is 2.01. The third-order valence-electron chi connectivity index (χ3n) is 2.92. The Morgan fingerprint density at radius 2 is 1.75 bits per heavy atom. The topological polar surface area (TPSA) is 82.0 Å². The molecule has 2 heterocycles. The van der Waals surface area contributed by atoms with Crippen LogP contribution in [0.4, 0.5) is 0 Å². The van der Waals surface area contributed by atoms with Crippen LogP contribution < -0.4 is 5.73 Å². The molecule has 20 heavy (non-hydrogen) atoms. The normalized spacial score (nSPS) is 10.4. The summed E-state index contributed by atoms with van der Waals surface area (Å²) in [7, 11) is 0. The number of aromatic nitrogens is 2. The molecule has 5 heteroatoms. The van der Waals surface area contributed by atoms with E-state index in [1.54, 1.807) is 12.4 Å². The van der Waals surface area contributed by atoms with Crippen LogP contribution >= 0.6 is 0 Å². The minimum absolute atomic E-state index is 0.0503. The predicted octanol–water partition coefficient (Wildman–Crippen LogP) is 2.50. The lowest BCUT2D eigenvalue weighted by Crippen LogP contribution is -2.09. The lowest BCUT2D eigenvalue weighted by Gasteiger charge is -2.02. The molecule has 2 N–H and O–H groups in total. The molecule has 5 nitrogen and oxygen atoms in total. The molecule has 0 fully saturated rings. The van der Waals surface area contributed by atoms with Crippen molar-refractivity contribution >= 4 is 5.91 Å². The van der Waals surface area contributed by atoms with Gasteiger partial charge in [0.25, 0.3) is 5.91 Å². The fraction of sp³-hybridized carbons (Fsp3) is 0. The lowest BCUT2D eigenvalue weighted by atomic mass is 10.0. The number of pyridine rings is 1. The van der Waals surface area contributed by atoms with E-state index in [0.29, 0.717) is 5.69 Å². The van der Waals surface area contributed by atoms with E-state index in [0.717, 1.165) is 16.7 Å². The smallest absolute Gasteiger partial charge is 0.287 e. The number of rotatable bonds is 3. The van der Waals surface area contributed by atoms with Crippen molar-refractivity contribution in [2.24, 2.45) is 5.73 Å². The Morgan fingerprint density at radius 3 is 2.45 bits per heavy atom. The molecule has 0 unspecified atom stereocenters. The van der Waals surface area contributed by atoms with Crippen molar-refractivity contribution in [2.75, 3.05) is 0 Å². The third kappa shape index (κ3) is 2.29. The van der Waals surface area contributed by atoms with Gasteiger partial charge in [0.1, 0.15) is 5.69 Å². The second-order valence-electron chi connectivity index (χ2n) is 4.26. The van der Waals surface area contributed by atoms with E-state index in [1.807, 2.05) is 36.4 Å². The number of nitrogens with zero attached hydrogens (tertiary/aromatic N) is 2. The van der Waals surface area contributed by atoms with E-state index < -0.39 is 5.91 Å². The number of carbonyl (C=O) groups excluding carboxylic acids is 1. The minimum atomic E-state index is -0.631. The molecule has 0 spiro atoms. The second kappa shape index (κ2) is 4.97. The Bertz CT molecular complexity index is 751. The van der Waals surface area contributed by atoms with Crippen LogP contribution in [-0.2, 0) is 0 Å². The zero-order chi connectivity index (χ0) is 13.9. The standard InChI is InChI=1S/C15H11N3O2/c16-15(19)14-9-13(18-20-14)12-3-1-2-11(8-12)10-4-6-17-7-5-10/h1-9H,(H2,16,19). The molecular formula is C15H11N3O2. The molecule has 1 aromatic carbocycles. The lowest BCUT2D eigenvalue weighted by molar-refractivity contribution is 0.0965. The number of benzene rings is 1. The van der Waals surface area contributed by atoms with Crippen LogP contribution in [-0.4, -0.2) is 16.0 Å². The Hall–Kier alpha value is -2.95. The predicted molar refractivity (Wildman–Crippen MR) is 73.7 cm³/mol. The van der Waals surface area contributed by atoms with Crippen molar-refractivity contribution < 1.29 is 9.32 Å². The van der Waals surface area contributed by atoms with Gasteiger partial charge < -0.3 is 10.3 Å². The first kappa shape index (κ1) is 12.1. The Labute approximate surface area is 115 Å². The van der Waals surface area contributed by atoms with E-state index in [9.17, 15) is 4.79 Å². The van der Waals surface area contributed by atoms with Gasteiger partial charge in [0, 0.05) is 24.0 Å². The summed E-state index contributed by atoms with van der Waals surface area (Å²) in [6.07, 6.45) is 3.48. The molecule has 3 aromatic rings. The molecule has 0 bridgehead atoms. The van der Waals surface area contributed by atoms with E-state index in [1.165, 1.54) is 6.07 Å². The summed E-state index contributed by atoms with van der Waals surface area (Å²) in [4.78, 5) is 15.0. The zero-order valence-electron chi connectivity index (χ0n) is 10.5. The number of hydrogen-bond acceptors (Lipinski definition) is 4. The summed E-state index contributed by atoms with van der Waals surface area (Å²) in [5.74, 6) is -0.580. The Morgan fingerprint density at radius 1 is 1.00 bits per heavy atom. The molecule has 0 saturated heterocycles. The van der Waals surface area contributed by atoms with Crippen molar-refractivity contribution in [3.63, 3.8) is 0 Å². The molecule has 0 aliphatic rings. The third-order valence-corrected chi connectivity index (χ3v) is 2.92. The van der Waals surface area contributed by atoms with E-state index in [-0.39, 0.29) is 5.76 Å². The van der Waals surface area contributed by atoms with Gasteiger partial charge in [0.15, 0.2) is 0 Å². The highest BCUT2D eigenvalue weighted by atomic mass is 16.5. The maximum absolute atomic E-state index is 11.0. The summed E-state index contributed by atoms with van der Waals surface area (Å²) < 4.78 is 4.89. The molecule has 98 valence electrons. The second-order valence-corrected chi connectivity index (χ2v) is 4.26. The number of primary amides is 1. The van der Waals surface area contributed by atoms with Crippen LogP contribution in [0.1, 0.15) is 10.6 Å². The average Bonchev–Trinajstić information content (AvgIpc) is 2.98. The summed E-state index contributed by atoms with van der Waals surface area (Å²) in [6.45, 7) is 0. The van der Waals surface area contributed by atoms with Crippen molar-refractivity contribution in [3.8, 4) is 22.4 Å². The van der Waals surface area contributed by atoms with Gasteiger partial charge in [-0.2, -0.15) is 0 Å². The van der Waals surface area contributed by atoms with Crippen LogP contribution in [0.2, 0.25) is 0 Å². The van der Waals surface area contributed by atoms with E-state index in [4.69, 9.17) is 10.3 Å². The molecule has 3 rings (SSSR count). The van der Waals surface area contributed by atoms with Crippen molar-refractivity contribution in [3.05, 3.63) is 60.6 Å². The van der Waals surface area contributed by atoms with Crippen LogP contribution in [0.15, 0.2) is 59.4 Å². The monoisotopic (exact) mass is 265 g/mol. The van der Waals surface area contributed by atoms with Gasteiger partial charge in [-0.3, -0.25) is 9.78 Å². The van der Waals surface area contributed by atoms with Crippen LogP contribution in [0.25, 0.3) is 22.4 Å².